The maximum Gasteiger partial charge on any atom is 0.122 e. The molecule has 0 aliphatic carbocycles. The Morgan fingerprint density at radius 2 is 1.93 bits per heavy atom. The van der Waals surface area contributed by atoms with Crippen molar-refractivity contribution in [2.45, 2.75) is 19.3 Å². The summed E-state index contributed by atoms with van der Waals surface area (Å²) >= 11 is 0. The number of aromatic amines is 1. The predicted octanol–water partition coefficient (Wildman–Crippen LogP) is 3.87. The van der Waals surface area contributed by atoms with Crippen molar-refractivity contribution in [3.8, 4) is 11.5 Å². The quantitative estimate of drug-likeness (QED) is 0.717. The fourth-order valence-electron chi connectivity index (χ4n) is 4.48. The first-order chi connectivity index (χ1) is 14.3. The van der Waals surface area contributed by atoms with Gasteiger partial charge in [-0.3, -0.25) is 4.90 Å². The molecule has 5 rings (SSSR count). The molecule has 1 fully saturated rings. The summed E-state index contributed by atoms with van der Waals surface area (Å²) in [5.41, 5.74) is 5.19. The van der Waals surface area contributed by atoms with E-state index in [0.717, 1.165) is 70.1 Å². The number of nitrogens with zero attached hydrogens (tertiary/aromatic N) is 2. The Hall–Kier alpha value is -2.66. The van der Waals surface area contributed by atoms with Crippen LogP contribution in [0.2, 0.25) is 0 Å². The summed E-state index contributed by atoms with van der Waals surface area (Å²) < 4.78 is 11.1. The van der Waals surface area contributed by atoms with Crippen molar-refractivity contribution < 1.29 is 9.47 Å². The second-order valence-electron chi connectivity index (χ2n) is 8.07. The monoisotopic (exact) mass is 391 g/mol. The van der Waals surface area contributed by atoms with Crippen LogP contribution in [-0.2, 0) is 12.8 Å². The largest absolute Gasteiger partial charge is 0.497 e. The Bertz CT molecular complexity index is 989. The first kappa shape index (κ1) is 18.4. The molecule has 0 saturated carbocycles. The zero-order valence-corrected chi connectivity index (χ0v) is 17.1. The minimum absolute atomic E-state index is 0.856. The molecule has 29 heavy (non-hydrogen) atoms. The molecule has 0 bridgehead atoms. The van der Waals surface area contributed by atoms with Crippen LogP contribution in [0.3, 0.4) is 0 Å². The molecule has 0 unspecified atom stereocenters. The number of H-pyrrole nitrogens is 1. The molecule has 3 aromatic rings. The molecular formula is C24H29N3O2. The Morgan fingerprint density at radius 1 is 1.03 bits per heavy atom. The van der Waals surface area contributed by atoms with E-state index in [0.29, 0.717) is 0 Å². The van der Waals surface area contributed by atoms with Crippen LogP contribution in [-0.4, -0.2) is 56.3 Å². The number of anilines is 1. The number of aryl methyl sites for hydroxylation is 1. The molecule has 1 N–H and O–H groups in total. The van der Waals surface area contributed by atoms with Crippen molar-refractivity contribution in [3.05, 3.63) is 53.7 Å². The highest BCUT2D eigenvalue weighted by Gasteiger charge is 2.19. The molecule has 1 saturated heterocycles. The third-order valence-corrected chi connectivity index (χ3v) is 6.21. The number of hydrogen-bond acceptors (Lipinski definition) is 4. The van der Waals surface area contributed by atoms with Gasteiger partial charge in [-0.2, -0.15) is 0 Å². The van der Waals surface area contributed by atoms with Gasteiger partial charge in [0.25, 0.3) is 0 Å². The lowest BCUT2D eigenvalue weighted by atomic mass is 10.0. The highest BCUT2D eigenvalue weighted by Crippen LogP contribution is 2.29. The van der Waals surface area contributed by atoms with Crippen LogP contribution in [0.4, 0.5) is 5.69 Å². The van der Waals surface area contributed by atoms with Gasteiger partial charge in [0.05, 0.1) is 13.7 Å². The van der Waals surface area contributed by atoms with Crippen molar-refractivity contribution in [1.29, 1.82) is 0 Å². The number of fused-ring (bicyclic) bond motifs is 2. The molecule has 2 aromatic carbocycles. The van der Waals surface area contributed by atoms with Crippen LogP contribution in [0.15, 0.2) is 42.5 Å². The van der Waals surface area contributed by atoms with Gasteiger partial charge in [-0.1, -0.05) is 0 Å². The minimum Gasteiger partial charge on any atom is -0.497 e. The van der Waals surface area contributed by atoms with Gasteiger partial charge >= 0.3 is 0 Å². The van der Waals surface area contributed by atoms with Gasteiger partial charge in [-0.15, -0.1) is 0 Å². The molecule has 0 radical (unpaired) electrons. The maximum atomic E-state index is 5.75. The molecule has 2 aliphatic heterocycles. The van der Waals surface area contributed by atoms with E-state index in [1.54, 1.807) is 7.11 Å². The normalized spacial score (nSPS) is 17.2. The second kappa shape index (κ2) is 7.99. The first-order valence-electron chi connectivity index (χ1n) is 10.7. The van der Waals surface area contributed by atoms with Crippen molar-refractivity contribution in [2.24, 2.45) is 0 Å². The number of nitrogens with one attached hydrogen (secondary N) is 1. The summed E-state index contributed by atoms with van der Waals surface area (Å²) in [4.78, 5) is 8.63. The molecule has 0 atom stereocenters. The van der Waals surface area contributed by atoms with E-state index in [-0.39, 0.29) is 0 Å². The fourth-order valence-corrected chi connectivity index (χ4v) is 4.48. The van der Waals surface area contributed by atoms with Crippen LogP contribution in [0.25, 0.3) is 10.9 Å². The number of hydrogen-bond donors (Lipinski definition) is 1. The standard InChI is InChI=1S/C24H29N3O2/c1-28-22-5-6-23-19(17-22)15-20(25-23)8-9-26-10-12-27(13-11-26)21-4-7-24-18(16-21)3-2-14-29-24/h4-7,15-17,25H,2-3,8-14H2,1H3. The highest BCUT2D eigenvalue weighted by atomic mass is 16.5. The summed E-state index contributed by atoms with van der Waals surface area (Å²) in [5.74, 6) is 1.99. The van der Waals surface area contributed by atoms with E-state index in [2.05, 4.69) is 51.2 Å². The Kier molecular flexibility index (Phi) is 5.06. The third kappa shape index (κ3) is 3.92. The number of benzene rings is 2. The molecule has 5 nitrogen and oxygen atoms in total. The summed E-state index contributed by atoms with van der Waals surface area (Å²) in [6.07, 6.45) is 3.32. The lowest BCUT2D eigenvalue weighted by molar-refractivity contribution is 0.260. The summed E-state index contributed by atoms with van der Waals surface area (Å²) in [7, 11) is 1.71. The third-order valence-electron chi connectivity index (χ3n) is 6.21. The Morgan fingerprint density at radius 3 is 2.79 bits per heavy atom. The van der Waals surface area contributed by atoms with Gasteiger partial charge in [-0.05, 0) is 60.9 Å². The maximum absolute atomic E-state index is 5.75. The Balaban J connectivity index is 1.16. The lowest BCUT2D eigenvalue weighted by Crippen LogP contribution is -2.47. The number of aromatic nitrogens is 1. The average Bonchev–Trinajstić information content (AvgIpc) is 3.20. The molecule has 152 valence electrons. The number of piperazine rings is 1. The second-order valence-corrected chi connectivity index (χ2v) is 8.07. The first-order valence-corrected chi connectivity index (χ1v) is 10.7. The average molecular weight is 392 g/mol. The van der Waals surface area contributed by atoms with Crippen molar-refractivity contribution in [3.63, 3.8) is 0 Å². The van der Waals surface area contributed by atoms with Gasteiger partial charge in [0.2, 0.25) is 0 Å². The van der Waals surface area contributed by atoms with Crippen LogP contribution in [0.5, 0.6) is 11.5 Å². The molecule has 0 amide bonds. The topological polar surface area (TPSA) is 40.7 Å². The van der Waals surface area contributed by atoms with Gasteiger partial charge in [-0.25, -0.2) is 0 Å². The number of methoxy groups -OCH3 is 1. The van der Waals surface area contributed by atoms with Crippen LogP contribution >= 0.6 is 0 Å². The van der Waals surface area contributed by atoms with E-state index in [1.165, 1.54) is 27.8 Å². The van der Waals surface area contributed by atoms with E-state index < -0.39 is 0 Å². The summed E-state index contributed by atoms with van der Waals surface area (Å²) in [6.45, 7) is 6.35. The molecule has 1 aromatic heterocycles. The number of rotatable bonds is 5. The minimum atomic E-state index is 0.856. The summed E-state index contributed by atoms with van der Waals surface area (Å²) in [5, 5.41) is 1.22. The van der Waals surface area contributed by atoms with Crippen LogP contribution < -0.4 is 14.4 Å². The van der Waals surface area contributed by atoms with Gasteiger partial charge in [0, 0.05) is 61.4 Å². The van der Waals surface area contributed by atoms with Crippen molar-refractivity contribution >= 4 is 16.6 Å². The molecule has 5 heteroatoms. The fraction of sp³-hybridized carbons (Fsp3) is 0.417. The zero-order chi connectivity index (χ0) is 19.6. The smallest absolute Gasteiger partial charge is 0.122 e. The van der Waals surface area contributed by atoms with Crippen LogP contribution in [0.1, 0.15) is 17.7 Å². The van der Waals surface area contributed by atoms with E-state index >= 15 is 0 Å². The van der Waals surface area contributed by atoms with Gasteiger partial charge in [0.15, 0.2) is 0 Å². The number of ether oxygens (including phenoxy) is 2. The highest BCUT2D eigenvalue weighted by molar-refractivity contribution is 5.81. The molecule has 3 heterocycles. The van der Waals surface area contributed by atoms with Crippen molar-refractivity contribution in [2.75, 3.05) is 51.3 Å². The van der Waals surface area contributed by atoms with Crippen molar-refractivity contribution in [1.82, 2.24) is 9.88 Å². The van der Waals surface area contributed by atoms with Gasteiger partial charge < -0.3 is 19.4 Å². The SMILES string of the molecule is COc1ccc2[nH]c(CCN3CCN(c4ccc5c(c4)CCCO5)CC3)cc2c1. The molecule has 2 aliphatic rings. The van der Waals surface area contributed by atoms with Gasteiger partial charge in [0.1, 0.15) is 11.5 Å². The van der Waals surface area contributed by atoms with E-state index in [9.17, 15) is 0 Å². The zero-order valence-electron chi connectivity index (χ0n) is 17.1. The lowest BCUT2D eigenvalue weighted by Gasteiger charge is -2.36. The Labute approximate surface area is 172 Å². The molecular weight excluding hydrogens is 362 g/mol. The summed E-state index contributed by atoms with van der Waals surface area (Å²) in [6, 6.07) is 15.2. The predicted molar refractivity (Wildman–Crippen MR) is 117 cm³/mol. The van der Waals surface area contributed by atoms with E-state index in [4.69, 9.17) is 9.47 Å². The van der Waals surface area contributed by atoms with E-state index in [1.807, 2.05) is 6.07 Å². The molecule has 0 spiro atoms. The van der Waals surface area contributed by atoms with Crippen LogP contribution in [0, 0.1) is 0 Å².